The summed E-state index contributed by atoms with van der Waals surface area (Å²) in [5, 5.41) is 0. The van der Waals surface area contributed by atoms with Gasteiger partial charge in [-0.05, 0) is 98.9 Å². The van der Waals surface area contributed by atoms with Crippen LogP contribution in [0.15, 0.2) is 59.5 Å². The van der Waals surface area contributed by atoms with Gasteiger partial charge in [0, 0.05) is 13.4 Å². The minimum atomic E-state index is -3.80. The first-order chi connectivity index (χ1) is 16.5. The Bertz CT molecular complexity index is 1210. The van der Waals surface area contributed by atoms with Crippen molar-refractivity contribution in [1.82, 2.24) is 4.72 Å². The van der Waals surface area contributed by atoms with Crippen LogP contribution in [0.5, 0.6) is 0 Å². The minimum absolute atomic E-state index is 0. The molecule has 2 aliphatic rings. The van der Waals surface area contributed by atoms with Crippen LogP contribution in [-0.2, 0) is 14.6 Å². The van der Waals surface area contributed by atoms with E-state index < -0.39 is 29.0 Å². The number of hydrogen-bond donors (Lipinski definition) is 1. The third-order valence-corrected chi connectivity index (χ3v) is 9.91. The molecule has 2 aromatic rings. The van der Waals surface area contributed by atoms with E-state index in [9.17, 15) is 26.7 Å². The molecule has 4 rings (SSSR count). The van der Waals surface area contributed by atoms with Crippen LogP contribution in [0.1, 0.15) is 38.5 Å². The summed E-state index contributed by atoms with van der Waals surface area (Å²) in [6, 6.07) is 9.07. The van der Waals surface area contributed by atoms with Gasteiger partial charge >= 0.3 is 29.6 Å². The number of rotatable bonds is 10. The normalized spacial score (nSPS) is 25.1. The zero-order valence-corrected chi connectivity index (χ0v) is 24.4. The molecule has 5 atom stereocenters. The quantitative estimate of drug-likeness (QED) is 0.215. The Hall–Kier alpha value is -0.860. The van der Waals surface area contributed by atoms with Crippen molar-refractivity contribution in [3.8, 4) is 11.1 Å². The number of hydrogen-bond acceptors (Lipinski definition) is 4. The first-order valence-electron chi connectivity index (χ1n) is 12.0. The molecule has 0 saturated heterocycles. The molecule has 10 heteroatoms. The molecule has 2 bridgehead atoms. The van der Waals surface area contributed by atoms with E-state index in [1.54, 1.807) is 0 Å². The van der Waals surface area contributed by atoms with E-state index in [0.29, 0.717) is 24.7 Å². The van der Waals surface area contributed by atoms with E-state index >= 15 is 0 Å². The van der Waals surface area contributed by atoms with Crippen LogP contribution >= 0.6 is 7.37 Å². The number of benzene rings is 2. The van der Waals surface area contributed by atoms with Gasteiger partial charge in [-0.15, -0.1) is 0 Å². The molecular formula is C26H31F2NNaO4PS. The molecular weight excluding hydrogens is 514 g/mol. The van der Waals surface area contributed by atoms with Crippen LogP contribution in [0.2, 0.25) is 0 Å². The molecule has 0 spiro atoms. The van der Waals surface area contributed by atoms with Crippen LogP contribution in [0.3, 0.4) is 0 Å². The summed E-state index contributed by atoms with van der Waals surface area (Å²) in [4.78, 5) is 11.3. The van der Waals surface area contributed by atoms with Crippen molar-refractivity contribution in [2.75, 3.05) is 12.8 Å². The summed E-state index contributed by atoms with van der Waals surface area (Å²) in [5.41, 5.74) is 0.0975. The largest absolute Gasteiger partial charge is 1.00 e. The minimum Gasteiger partial charge on any atom is -0.799 e. The number of allylic oxidation sites excluding steroid dienone is 2. The molecule has 190 valence electrons. The standard InChI is InChI=1S/C26H32F2NO4PS.Na/c1-34(30,31)16-5-3-2-4-7-22-19-10-11-20(17-19)26(22)29-35(32,33)21-14-12-18(13-15-21)25-23(27)8-6-9-24(25)28;/h2,4,6,8-9,12-15,19-20,22,26,29H,3,5,7,10-11,16-17H2,1H3,(H,30,31);/q;+1/p-1/b4-2-;/t19?,20-,22?,26?;/m1./s1. The van der Waals surface area contributed by atoms with Crippen LogP contribution in [-0.4, -0.2) is 27.3 Å². The van der Waals surface area contributed by atoms with Gasteiger partial charge in [0.05, 0.1) is 10.5 Å². The molecule has 2 fully saturated rings. The fourth-order valence-corrected chi connectivity index (χ4v) is 7.74. The van der Waals surface area contributed by atoms with Crippen LogP contribution in [0.25, 0.3) is 11.1 Å². The number of halogens is 2. The summed E-state index contributed by atoms with van der Waals surface area (Å²) < 4.78 is 68.7. The van der Waals surface area contributed by atoms with E-state index in [-0.39, 0.29) is 63.7 Å². The van der Waals surface area contributed by atoms with Crippen LogP contribution < -0.4 is 39.2 Å². The van der Waals surface area contributed by atoms with Crippen LogP contribution in [0, 0.1) is 29.4 Å². The van der Waals surface area contributed by atoms with Crippen molar-refractivity contribution in [3.05, 3.63) is 66.3 Å². The average Bonchev–Trinajstić information content (AvgIpc) is 3.38. The summed E-state index contributed by atoms with van der Waals surface area (Å²) >= 11 is 0. The number of unbranched alkanes of at least 4 members (excludes halogenated alkanes) is 1. The average molecular weight is 546 g/mol. The monoisotopic (exact) mass is 545 g/mol. The summed E-state index contributed by atoms with van der Waals surface area (Å²) in [7, 11) is -7.03. The molecule has 1 N–H and O–H groups in total. The molecule has 0 radical (unpaired) electrons. The van der Waals surface area contributed by atoms with Gasteiger partial charge in [-0.25, -0.2) is 21.9 Å². The van der Waals surface area contributed by atoms with Gasteiger partial charge in [0.25, 0.3) is 0 Å². The Morgan fingerprint density at radius 3 is 2.33 bits per heavy atom. The second kappa shape index (κ2) is 12.3. The Morgan fingerprint density at radius 1 is 1.06 bits per heavy atom. The van der Waals surface area contributed by atoms with Crippen molar-refractivity contribution in [2.24, 2.45) is 17.8 Å². The fraction of sp³-hybridized carbons (Fsp3) is 0.462. The van der Waals surface area contributed by atoms with Crippen molar-refractivity contribution < 1.29 is 56.2 Å². The zero-order valence-electron chi connectivity index (χ0n) is 20.7. The maximum atomic E-state index is 14.1. The zero-order chi connectivity index (χ0) is 25.2. The SMILES string of the molecule is CP(=O)([O-])CCC/C=C\CC1C2CC[C@H](C2)C1NS(=O)(=O)c1ccc(-c2c(F)cccc2F)cc1.[Na+]. The predicted molar refractivity (Wildman–Crippen MR) is 132 cm³/mol. The van der Waals surface area contributed by atoms with Crippen molar-refractivity contribution in [2.45, 2.75) is 49.5 Å². The van der Waals surface area contributed by atoms with E-state index in [2.05, 4.69) is 10.8 Å². The van der Waals surface area contributed by atoms with E-state index in [1.807, 2.05) is 6.08 Å². The van der Waals surface area contributed by atoms with Crippen molar-refractivity contribution in [1.29, 1.82) is 0 Å². The first kappa shape index (κ1) is 29.7. The van der Waals surface area contributed by atoms with Gasteiger partial charge in [0.15, 0.2) is 0 Å². The maximum Gasteiger partial charge on any atom is 1.00 e. The Labute approximate surface area is 234 Å². The molecule has 0 aromatic heterocycles. The van der Waals surface area contributed by atoms with Gasteiger partial charge in [0.1, 0.15) is 11.6 Å². The summed E-state index contributed by atoms with van der Waals surface area (Å²) in [6.07, 6.45) is 9.37. The van der Waals surface area contributed by atoms with Gasteiger partial charge in [0.2, 0.25) is 10.0 Å². The van der Waals surface area contributed by atoms with E-state index in [1.165, 1.54) is 49.1 Å². The summed E-state index contributed by atoms with van der Waals surface area (Å²) in [5.74, 6) is -0.433. The second-order valence-corrected chi connectivity index (χ2v) is 14.0. The van der Waals surface area contributed by atoms with E-state index in [0.717, 1.165) is 25.7 Å². The van der Waals surface area contributed by atoms with Crippen LogP contribution in [0.4, 0.5) is 8.78 Å². The molecule has 4 unspecified atom stereocenters. The molecule has 0 aliphatic heterocycles. The summed E-state index contributed by atoms with van der Waals surface area (Å²) in [6.45, 7) is 1.26. The second-order valence-electron chi connectivity index (χ2n) is 9.85. The molecule has 36 heavy (non-hydrogen) atoms. The number of fused-ring (bicyclic) bond motifs is 2. The fourth-order valence-electron chi connectivity index (χ4n) is 5.62. The van der Waals surface area contributed by atoms with Gasteiger partial charge in [-0.1, -0.05) is 30.4 Å². The molecule has 2 aliphatic carbocycles. The molecule has 2 aromatic carbocycles. The molecule has 0 amide bonds. The topological polar surface area (TPSA) is 86.3 Å². The predicted octanol–water partition coefficient (Wildman–Crippen LogP) is 2.32. The van der Waals surface area contributed by atoms with Crippen molar-refractivity contribution in [3.63, 3.8) is 0 Å². The van der Waals surface area contributed by atoms with Gasteiger partial charge in [-0.3, -0.25) is 0 Å². The smallest absolute Gasteiger partial charge is 0.799 e. The third-order valence-electron chi connectivity index (χ3n) is 7.31. The van der Waals surface area contributed by atoms with Gasteiger partial charge < -0.3 is 9.46 Å². The van der Waals surface area contributed by atoms with Crippen molar-refractivity contribution >= 4 is 17.4 Å². The number of sulfonamides is 1. The van der Waals surface area contributed by atoms with E-state index in [4.69, 9.17) is 0 Å². The molecule has 0 heterocycles. The Morgan fingerprint density at radius 2 is 1.69 bits per heavy atom. The Kier molecular flexibility index (Phi) is 10.2. The molecule has 5 nitrogen and oxygen atoms in total. The Balaban J connectivity index is 0.00000361. The molecule has 2 saturated carbocycles. The maximum absolute atomic E-state index is 14.1. The number of nitrogens with one attached hydrogen (secondary N) is 1. The third kappa shape index (κ3) is 7.16. The first-order valence-corrected chi connectivity index (χ1v) is 15.8. The van der Waals surface area contributed by atoms with Gasteiger partial charge in [-0.2, -0.15) is 0 Å².